The van der Waals surface area contributed by atoms with E-state index in [1.165, 1.54) is 0 Å². The number of fused-ring (bicyclic) bond motifs is 1. The van der Waals surface area contributed by atoms with Gasteiger partial charge in [-0.15, -0.1) is 0 Å². The molecule has 0 amide bonds. The molecule has 0 aromatic heterocycles. The summed E-state index contributed by atoms with van der Waals surface area (Å²) in [5.74, 6) is 0. The first-order valence-corrected chi connectivity index (χ1v) is 9.94. The largest absolute Gasteiger partial charge is 0.509 e. The number of carbonyl (C=O) groups is 2. The first-order chi connectivity index (χ1) is 12.4. The lowest BCUT2D eigenvalue weighted by Gasteiger charge is -2.28. The Morgan fingerprint density at radius 1 is 0.926 bits per heavy atom. The summed E-state index contributed by atoms with van der Waals surface area (Å²) >= 11 is 1.13. The standard InChI is InChI=1S/C19H30O7S/c1-18(2,3)26-16(20)24-12-7-8-13(25-17(21)27-19(4,5)6)10-15-14(9-12)22-11-23-15/h7-8,12-15H,9-11H2,1-6H3/b8-7+. The summed E-state index contributed by atoms with van der Waals surface area (Å²) in [4.78, 5) is 24.2. The van der Waals surface area contributed by atoms with Gasteiger partial charge in [0.25, 0.3) is 0 Å². The third-order valence-corrected chi connectivity index (χ3v) is 4.60. The number of rotatable bonds is 2. The van der Waals surface area contributed by atoms with Crippen molar-refractivity contribution >= 4 is 23.2 Å². The second-order valence-electron chi connectivity index (χ2n) is 8.63. The van der Waals surface area contributed by atoms with Crippen LogP contribution in [0.2, 0.25) is 0 Å². The minimum absolute atomic E-state index is 0.173. The lowest BCUT2D eigenvalue weighted by molar-refractivity contribution is -0.0303. The highest BCUT2D eigenvalue weighted by Crippen LogP contribution is 2.30. The molecule has 0 spiro atoms. The quantitative estimate of drug-likeness (QED) is 0.495. The second kappa shape index (κ2) is 8.84. The molecule has 1 aliphatic heterocycles. The molecule has 4 unspecified atom stereocenters. The normalized spacial score (nSPS) is 29.9. The van der Waals surface area contributed by atoms with Crippen LogP contribution in [0.3, 0.4) is 0 Å². The predicted molar refractivity (Wildman–Crippen MR) is 102 cm³/mol. The van der Waals surface area contributed by atoms with Crippen LogP contribution in [-0.4, -0.2) is 53.0 Å². The molecule has 0 aromatic carbocycles. The van der Waals surface area contributed by atoms with Crippen LogP contribution in [0.25, 0.3) is 0 Å². The Morgan fingerprint density at radius 2 is 1.44 bits per heavy atom. The molecule has 8 heteroatoms. The second-order valence-corrected chi connectivity index (χ2v) is 10.4. The molecule has 2 rings (SSSR count). The van der Waals surface area contributed by atoms with Crippen LogP contribution in [0.1, 0.15) is 54.4 Å². The summed E-state index contributed by atoms with van der Waals surface area (Å²) in [7, 11) is 0. The van der Waals surface area contributed by atoms with Gasteiger partial charge in [0.15, 0.2) is 0 Å². The lowest BCUT2D eigenvalue weighted by atomic mass is 9.97. The zero-order valence-corrected chi connectivity index (χ0v) is 17.7. The Morgan fingerprint density at radius 3 is 1.93 bits per heavy atom. The number of hydrogen-bond acceptors (Lipinski definition) is 8. The highest BCUT2D eigenvalue weighted by Gasteiger charge is 2.37. The van der Waals surface area contributed by atoms with Crippen molar-refractivity contribution in [2.75, 3.05) is 6.79 Å². The molecule has 0 bridgehead atoms. The Balaban J connectivity index is 2.04. The van der Waals surface area contributed by atoms with Crippen molar-refractivity contribution in [2.24, 2.45) is 0 Å². The molecule has 0 aromatic rings. The molecular formula is C19H30O7S. The summed E-state index contributed by atoms with van der Waals surface area (Å²) in [6.07, 6.45) is 2.18. The van der Waals surface area contributed by atoms with E-state index in [9.17, 15) is 9.59 Å². The molecule has 1 aliphatic carbocycles. The van der Waals surface area contributed by atoms with Crippen molar-refractivity contribution in [3.8, 4) is 0 Å². The molecule has 27 heavy (non-hydrogen) atoms. The fourth-order valence-corrected chi connectivity index (χ4v) is 3.37. The van der Waals surface area contributed by atoms with Crippen LogP contribution in [0.4, 0.5) is 9.59 Å². The van der Waals surface area contributed by atoms with Gasteiger partial charge in [-0.2, -0.15) is 0 Å². The summed E-state index contributed by atoms with van der Waals surface area (Å²) in [5, 5.41) is -0.349. The van der Waals surface area contributed by atoms with Gasteiger partial charge in [-0.3, -0.25) is 0 Å². The van der Waals surface area contributed by atoms with Crippen molar-refractivity contribution in [3.05, 3.63) is 12.2 Å². The molecule has 0 N–H and O–H groups in total. The van der Waals surface area contributed by atoms with Crippen LogP contribution < -0.4 is 0 Å². The lowest BCUT2D eigenvalue weighted by Crippen LogP contribution is -2.35. The van der Waals surface area contributed by atoms with Gasteiger partial charge < -0.3 is 23.7 Å². The molecule has 2 aliphatic rings. The average Bonchev–Trinajstić information content (AvgIpc) is 2.84. The van der Waals surface area contributed by atoms with E-state index in [4.69, 9.17) is 23.7 Å². The monoisotopic (exact) mass is 402 g/mol. The van der Waals surface area contributed by atoms with E-state index in [0.717, 1.165) is 11.8 Å². The smallest absolute Gasteiger partial charge is 0.450 e. The zero-order valence-electron chi connectivity index (χ0n) is 16.9. The third-order valence-electron chi connectivity index (χ3n) is 3.72. The van der Waals surface area contributed by atoms with Gasteiger partial charge in [-0.25, -0.2) is 9.59 Å². The number of carbonyl (C=O) groups excluding carboxylic acids is 2. The van der Waals surface area contributed by atoms with Gasteiger partial charge in [-0.1, -0.05) is 20.8 Å². The van der Waals surface area contributed by atoms with E-state index >= 15 is 0 Å². The maximum Gasteiger partial charge on any atom is 0.509 e. The predicted octanol–water partition coefficient (Wildman–Crippen LogP) is 4.44. The maximum absolute atomic E-state index is 12.2. The van der Waals surface area contributed by atoms with Crippen LogP contribution >= 0.6 is 11.8 Å². The third kappa shape index (κ3) is 8.11. The molecule has 7 nitrogen and oxygen atoms in total. The minimum atomic E-state index is -0.745. The molecule has 1 saturated heterocycles. The summed E-state index contributed by atoms with van der Waals surface area (Å²) in [5.41, 5.74) is -0.639. The van der Waals surface area contributed by atoms with Crippen molar-refractivity contribution < 1.29 is 33.3 Å². The van der Waals surface area contributed by atoms with Gasteiger partial charge in [0.2, 0.25) is 0 Å². The minimum Gasteiger partial charge on any atom is -0.450 e. The highest BCUT2D eigenvalue weighted by molar-refractivity contribution is 8.14. The Labute approximate surface area is 165 Å². The van der Waals surface area contributed by atoms with Crippen molar-refractivity contribution in [2.45, 2.75) is 89.1 Å². The van der Waals surface area contributed by atoms with E-state index < -0.39 is 24.0 Å². The van der Waals surface area contributed by atoms with E-state index in [2.05, 4.69) is 0 Å². The van der Waals surface area contributed by atoms with Gasteiger partial charge in [0, 0.05) is 17.6 Å². The van der Waals surface area contributed by atoms with Crippen molar-refractivity contribution in [1.29, 1.82) is 0 Å². The molecule has 0 radical (unpaired) electrons. The van der Waals surface area contributed by atoms with E-state index in [0.29, 0.717) is 12.8 Å². The van der Waals surface area contributed by atoms with Crippen LogP contribution in [0, 0.1) is 0 Å². The SMILES string of the molecule is CC(C)(C)OC(=O)OC1/C=C/C(OC(=O)SC(C)(C)C)CC2OCOC2C1. The summed E-state index contributed by atoms with van der Waals surface area (Å²) in [6, 6.07) is 0. The zero-order chi connectivity index (χ0) is 20.2. The van der Waals surface area contributed by atoms with E-state index in [1.54, 1.807) is 32.9 Å². The highest BCUT2D eigenvalue weighted by atomic mass is 32.2. The van der Waals surface area contributed by atoms with Crippen LogP contribution in [-0.2, 0) is 23.7 Å². The van der Waals surface area contributed by atoms with E-state index in [-0.39, 0.29) is 29.0 Å². The van der Waals surface area contributed by atoms with Crippen LogP contribution in [0.5, 0.6) is 0 Å². The molecule has 4 atom stereocenters. The first-order valence-electron chi connectivity index (χ1n) is 9.12. The Bertz CT molecular complexity index is 513. The molecule has 1 fully saturated rings. The fourth-order valence-electron chi connectivity index (χ4n) is 2.70. The van der Waals surface area contributed by atoms with Crippen molar-refractivity contribution in [1.82, 2.24) is 0 Å². The van der Waals surface area contributed by atoms with Gasteiger partial charge >= 0.3 is 11.5 Å². The molecular weight excluding hydrogens is 372 g/mol. The number of thioether (sulfide) groups is 1. The van der Waals surface area contributed by atoms with Crippen LogP contribution in [0.15, 0.2) is 12.2 Å². The van der Waals surface area contributed by atoms with Crippen molar-refractivity contribution in [3.63, 3.8) is 0 Å². The Hall–Kier alpha value is -1.25. The topological polar surface area (TPSA) is 80.3 Å². The number of hydrogen-bond donors (Lipinski definition) is 0. The first kappa shape index (κ1) is 22.0. The molecule has 154 valence electrons. The number of ether oxygens (including phenoxy) is 5. The van der Waals surface area contributed by atoms with Gasteiger partial charge in [0.1, 0.15) is 24.6 Å². The summed E-state index contributed by atoms with van der Waals surface area (Å²) < 4.78 is 27.2. The molecule has 0 saturated carbocycles. The summed E-state index contributed by atoms with van der Waals surface area (Å²) in [6.45, 7) is 11.3. The molecule has 1 heterocycles. The van der Waals surface area contributed by atoms with Gasteiger partial charge in [-0.05, 0) is 44.7 Å². The fraction of sp³-hybridized carbons (Fsp3) is 0.789. The maximum atomic E-state index is 12.2. The van der Waals surface area contributed by atoms with Gasteiger partial charge in [0.05, 0.1) is 12.2 Å². The Kier molecular flexibility index (Phi) is 7.21. The average molecular weight is 403 g/mol. The van der Waals surface area contributed by atoms with E-state index in [1.807, 2.05) is 20.8 Å².